The van der Waals surface area contributed by atoms with E-state index in [-0.39, 0.29) is 0 Å². The van der Waals surface area contributed by atoms with Crippen molar-refractivity contribution >= 4 is 28.3 Å². The Morgan fingerprint density at radius 2 is 2.50 bits per heavy atom. The van der Waals surface area contributed by atoms with Gasteiger partial charge in [0.05, 0.1) is 17.2 Å². The van der Waals surface area contributed by atoms with Crippen LogP contribution in [0.1, 0.15) is 17.1 Å². The van der Waals surface area contributed by atoms with E-state index in [1.165, 1.54) is 12.2 Å². The molecule has 1 aliphatic heterocycles. The van der Waals surface area contributed by atoms with Crippen LogP contribution in [-0.2, 0) is 6.54 Å². The van der Waals surface area contributed by atoms with Gasteiger partial charge in [0.2, 0.25) is 0 Å². The Labute approximate surface area is 92.0 Å². The Morgan fingerprint density at radius 3 is 3.14 bits per heavy atom. The number of hydrogen-bond donors (Lipinski definition) is 1. The molecule has 1 N–H and O–H groups in total. The smallest absolute Gasteiger partial charge is 0.156 e. The monoisotopic (exact) mass is 227 g/mol. The molecule has 3 nitrogen and oxygen atoms in total. The molecular formula is C9H13N3S2. The third kappa shape index (κ3) is 2.72. The molecule has 1 aromatic heterocycles. The van der Waals surface area contributed by atoms with Gasteiger partial charge in [0.1, 0.15) is 0 Å². The largest absolute Gasteiger partial charge is 0.359 e. The molecule has 2 heterocycles. The first-order valence-electron chi connectivity index (χ1n) is 4.67. The fraction of sp³-hybridized carbons (Fsp3) is 0.556. The molecule has 0 saturated carbocycles. The summed E-state index contributed by atoms with van der Waals surface area (Å²) in [6.07, 6.45) is 1.20. The zero-order chi connectivity index (χ0) is 9.80. The van der Waals surface area contributed by atoms with Gasteiger partial charge in [0, 0.05) is 17.7 Å². The summed E-state index contributed by atoms with van der Waals surface area (Å²) in [4.78, 5) is 8.78. The number of aliphatic imine (C=N–C) groups is 1. The van der Waals surface area contributed by atoms with Crippen LogP contribution in [0.5, 0.6) is 0 Å². The maximum absolute atomic E-state index is 4.40. The van der Waals surface area contributed by atoms with Crippen LogP contribution < -0.4 is 5.32 Å². The number of nitrogens with one attached hydrogen (secondary N) is 1. The summed E-state index contributed by atoms with van der Waals surface area (Å²) >= 11 is 3.50. The maximum atomic E-state index is 4.40. The second-order valence-electron chi connectivity index (χ2n) is 3.10. The van der Waals surface area contributed by atoms with Gasteiger partial charge in [0.15, 0.2) is 5.17 Å². The SMILES string of the molecule is Cc1nc(CNC2=NCCCS2)cs1. The average molecular weight is 227 g/mol. The molecule has 0 amide bonds. The molecule has 14 heavy (non-hydrogen) atoms. The number of thioether (sulfide) groups is 1. The van der Waals surface area contributed by atoms with Gasteiger partial charge in [-0.1, -0.05) is 11.8 Å². The van der Waals surface area contributed by atoms with Crippen molar-refractivity contribution in [1.29, 1.82) is 0 Å². The molecule has 1 aromatic rings. The van der Waals surface area contributed by atoms with Gasteiger partial charge in [0.25, 0.3) is 0 Å². The molecule has 0 radical (unpaired) electrons. The van der Waals surface area contributed by atoms with Gasteiger partial charge in [-0.05, 0) is 13.3 Å². The van der Waals surface area contributed by atoms with Crippen LogP contribution in [0.25, 0.3) is 0 Å². The van der Waals surface area contributed by atoms with Crippen LogP contribution in [0.3, 0.4) is 0 Å². The molecule has 0 aromatic carbocycles. The summed E-state index contributed by atoms with van der Waals surface area (Å²) in [5.41, 5.74) is 1.11. The first-order chi connectivity index (χ1) is 6.84. The van der Waals surface area contributed by atoms with E-state index in [0.29, 0.717) is 0 Å². The van der Waals surface area contributed by atoms with E-state index in [1.54, 1.807) is 23.1 Å². The standard InChI is InChI=1S/C9H13N3S2/c1-7-12-8(6-14-7)5-11-9-10-3-2-4-13-9/h6H,2-5H2,1H3,(H,10,11). The molecule has 0 atom stereocenters. The van der Waals surface area contributed by atoms with E-state index >= 15 is 0 Å². The Hall–Kier alpha value is -0.550. The summed E-state index contributed by atoms with van der Waals surface area (Å²) in [6.45, 7) is 3.79. The highest BCUT2D eigenvalue weighted by atomic mass is 32.2. The van der Waals surface area contributed by atoms with Gasteiger partial charge in [-0.15, -0.1) is 11.3 Å². The third-order valence-corrected chi connectivity index (χ3v) is 3.75. The minimum absolute atomic E-state index is 0.802. The number of hydrogen-bond acceptors (Lipinski definition) is 5. The van der Waals surface area contributed by atoms with Crippen LogP contribution in [-0.4, -0.2) is 22.4 Å². The zero-order valence-electron chi connectivity index (χ0n) is 8.12. The van der Waals surface area contributed by atoms with Crippen molar-refractivity contribution in [2.75, 3.05) is 12.3 Å². The lowest BCUT2D eigenvalue weighted by atomic mass is 10.5. The Kier molecular flexibility index (Phi) is 3.42. The van der Waals surface area contributed by atoms with Crippen LogP contribution >= 0.6 is 23.1 Å². The summed E-state index contributed by atoms with van der Waals surface area (Å²) < 4.78 is 0. The van der Waals surface area contributed by atoms with Crippen molar-refractivity contribution in [2.24, 2.45) is 4.99 Å². The summed E-state index contributed by atoms with van der Waals surface area (Å²) in [6, 6.07) is 0. The molecule has 5 heteroatoms. The quantitative estimate of drug-likeness (QED) is 0.840. The van der Waals surface area contributed by atoms with E-state index in [2.05, 4.69) is 20.7 Å². The van der Waals surface area contributed by atoms with Crippen molar-refractivity contribution in [3.63, 3.8) is 0 Å². The van der Waals surface area contributed by atoms with Crippen molar-refractivity contribution in [3.05, 3.63) is 16.1 Å². The van der Waals surface area contributed by atoms with Crippen LogP contribution in [0.15, 0.2) is 10.4 Å². The molecule has 1 aliphatic rings. The number of rotatable bonds is 2. The lowest BCUT2D eigenvalue weighted by Gasteiger charge is -2.11. The molecule has 0 saturated heterocycles. The second kappa shape index (κ2) is 4.79. The molecule has 76 valence electrons. The number of aromatic nitrogens is 1. The number of amidine groups is 1. The molecule has 2 rings (SSSR count). The van der Waals surface area contributed by atoms with E-state index in [4.69, 9.17) is 0 Å². The van der Waals surface area contributed by atoms with Crippen LogP contribution in [0, 0.1) is 6.92 Å². The first kappa shape index (κ1) is 9.98. The summed E-state index contributed by atoms with van der Waals surface area (Å²) in [5.74, 6) is 1.18. The molecule has 0 fully saturated rings. The topological polar surface area (TPSA) is 37.3 Å². The number of thiazole rings is 1. The zero-order valence-corrected chi connectivity index (χ0v) is 9.75. The molecule has 0 aliphatic carbocycles. The van der Waals surface area contributed by atoms with Crippen molar-refractivity contribution in [2.45, 2.75) is 19.9 Å². The van der Waals surface area contributed by atoms with Crippen LogP contribution in [0.4, 0.5) is 0 Å². The third-order valence-electron chi connectivity index (χ3n) is 1.88. The number of nitrogens with zero attached hydrogens (tertiary/aromatic N) is 2. The molecule has 0 spiro atoms. The molecular weight excluding hydrogens is 214 g/mol. The Balaban J connectivity index is 1.84. The first-order valence-corrected chi connectivity index (χ1v) is 6.53. The second-order valence-corrected chi connectivity index (χ2v) is 5.25. The lowest BCUT2D eigenvalue weighted by molar-refractivity contribution is 0.861. The van der Waals surface area contributed by atoms with Crippen molar-refractivity contribution in [1.82, 2.24) is 10.3 Å². The Bertz CT molecular complexity index is 333. The van der Waals surface area contributed by atoms with Gasteiger partial charge in [-0.2, -0.15) is 0 Å². The van der Waals surface area contributed by atoms with Crippen molar-refractivity contribution in [3.8, 4) is 0 Å². The lowest BCUT2D eigenvalue weighted by Crippen LogP contribution is -2.23. The highest BCUT2D eigenvalue weighted by Crippen LogP contribution is 2.12. The average Bonchev–Trinajstić information content (AvgIpc) is 2.63. The predicted octanol–water partition coefficient (Wildman–Crippen LogP) is 2.03. The van der Waals surface area contributed by atoms with Gasteiger partial charge in [-0.3, -0.25) is 4.99 Å². The highest BCUT2D eigenvalue weighted by Gasteiger charge is 2.05. The van der Waals surface area contributed by atoms with E-state index < -0.39 is 0 Å². The number of aryl methyl sites for hydroxylation is 1. The van der Waals surface area contributed by atoms with Gasteiger partial charge in [-0.25, -0.2) is 4.98 Å². The van der Waals surface area contributed by atoms with E-state index in [0.717, 1.165) is 29.0 Å². The predicted molar refractivity (Wildman–Crippen MR) is 63.1 cm³/mol. The highest BCUT2D eigenvalue weighted by molar-refractivity contribution is 8.13. The Morgan fingerprint density at radius 1 is 1.57 bits per heavy atom. The van der Waals surface area contributed by atoms with Gasteiger partial charge >= 0.3 is 0 Å². The minimum atomic E-state index is 0.802. The fourth-order valence-corrected chi connectivity index (χ4v) is 2.66. The minimum Gasteiger partial charge on any atom is -0.359 e. The maximum Gasteiger partial charge on any atom is 0.156 e. The van der Waals surface area contributed by atoms with Crippen LogP contribution in [0.2, 0.25) is 0 Å². The summed E-state index contributed by atoms with van der Waals surface area (Å²) in [5, 5.41) is 7.60. The normalized spacial score (nSPS) is 16.5. The fourth-order valence-electron chi connectivity index (χ4n) is 1.22. The van der Waals surface area contributed by atoms with Gasteiger partial charge < -0.3 is 5.32 Å². The molecule has 0 bridgehead atoms. The molecule has 0 unspecified atom stereocenters. The van der Waals surface area contributed by atoms with E-state index in [9.17, 15) is 0 Å². The van der Waals surface area contributed by atoms with E-state index in [1.807, 2.05) is 6.92 Å². The van der Waals surface area contributed by atoms with Crippen molar-refractivity contribution < 1.29 is 0 Å². The summed E-state index contributed by atoms with van der Waals surface area (Å²) in [7, 11) is 0.